The van der Waals surface area contributed by atoms with Gasteiger partial charge >= 0.3 is 0 Å². The largest absolute Gasteiger partial charge is 0.359 e. The molecule has 3 rings (SSSR count). The van der Waals surface area contributed by atoms with Crippen molar-refractivity contribution in [2.45, 2.75) is 6.54 Å². The Morgan fingerprint density at radius 1 is 1.04 bits per heavy atom. The second-order valence-corrected chi connectivity index (χ2v) is 6.38. The number of hydrogen-bond donors (Lipinski definition) is 1. The number of rotatable bonds is 5. The summed E-state index contributed by atoms with van der Waals surface area (Å²) in [4.78, 5) is 27.2. The van der Waals surface area contributed by atoms with Crippen molar-refractivity contribution in [3.05, 3.63) is 71.5 Å². The number of Topliss-reactive ketones (excluding diaryl/α,β-unsaturated/α-hetero) is 1. The van der Waals surface area contributed by atoms with Crippen molar-refractivity contribution in [1.29, 1.82) is 0 Å². The van der Waals surface area contributed by atoms with Gasteiger partial charge in [0.25, 0.3) is 0 Å². The van der Waals surface area contributed by atoms with Gasteiger partial charge in [0.2, 0.25) is 5.91 Å². The minimum Gasteiger partial charge on any atom is -0.359 e. The van der Waals surface area contributed by atoms with Gasteiger partial charge in [0.1, 0.15) is 5.82 Å². The van der Waals surface area contributed by atoms with Crippen molar-refractivity contribution in [2.24, 2.45) is 11.8 Å². The number of nitrogens with zero attached hydrogens (tertiary/aromatic N) is 1. The van der Waals surface area contributed by atoms with Crippen molar-refractivity contribution in [1.82, 2.24) is 10.2 Å². The predicted octanol–water partition coefficient (Wildman–Crippen LogP) is 2.50. The number of amides is 1. The zero-order valence-corrected chi connectivity index (χ0v) is 14.1. The van der Waals surface area contributed by atoms with E-state index in [1.165, 1.54) is 24.3 Å². The third-order valence-electron chi connectivity index (χ3n) is 4.69. The van der Waals surface area contributed by atoms with Crippen LogP contribution in [-0.4, -0.2) is 36.7 Å². The van der Waals surface area contributed by atoms with Crippen LogP contribution in [0.3, 0.4) is 0 Å². The number of carbonyl (C=O) groups is 2. The van der Waals surface area contributed by atoms with E-state index in [1.807, 2.05) is 30.3 Å². The molecule has 0 radical (unpaired) electrons. The predicted molar refractivity (Wildman–Crippen MR) is 93.5 cm³/mol. The van der Waals surface area contributed by atoms with Gasteiger partial charge in [-0.2, -0.15) is 0 Å². The molecule has 130 valence electrons. The van der Waals surface area contributed by atoms with Crippen LogP contribution in [0.5, 0.6) is 0 Å². The summed E-state index contributed by atoms with van der Waals surface area (Å²) in [5.74, 6) is -1.43. The van der Waals surface area contributed by atoms with Crippen LogP contribution in [0.15, 0.2) is 54.6 Å². The maximum Gasteiger partial charge on any atom is 0.224 e. The molecule has 25 heavy (non-hydrogen) atoms. The summed E-state index contributed by atoms with van der Waals surface area (Å²) < 4.78 is 13.1. The fraction of sp³-hybridized carbons (Fsp3) is 0.300. The molecule has 2 aromatic carbocycles. The van der Waals surface area contributed by atoms with Crippen molar-refractivity contribution in [2.75, 3.05) is 20.1 Å². The lowest BCUT2D eigenvalue weighted by Gasteiger charge is -2.15. The minimum absolute atomic E-state index is 0.107. The molecule has 1 amide bonds. The molecule has 1 aliphatic rings. The zero-order valence-electron chi connectivity index (χ0n) is 14.1. The Morgan fingerprint density at radius 2 is 1.68 bits per heavy atom. The van der Waals surface area contributed by atoms with Crippen molar-refractivity contribution < 1.29 is 14.0 Å². The second-order valence-electron chi connectivity index (χ2n) is 6.38. The molecule has 1 saturated heterocycles. The Balaban J connectivity index is 1.79. The molecule has 0 unspecified atom stereocenters. The van der Waals surface area contributed by atoms with E-state index in [2.05, 4.69) is 10.2 Å². The van der Waals surface area contributed by atoms with Gasteiger partial charge in [-0.1, -0.05) is 30.3 Å². The summed E-state index contributed by atoms with van der Waals surface area (Å²) in [5, 5.41) is 2.66. The maximum absolute atomic E-state index is 13.1. The highest BCUT2D eigenvalue weighted by Gasteiger charge is 2.41. The average molecular weight is 340 g/mol. The number of ketones is 1. The molecule has 1 heterocycles. The number of nitrogens with one attached hydrogen (secondary N) is 1. The fourth-order valence-electron chi connectivity index (χ4n) is 3.40. The number of halogens is 1. The van der Waals surface area contributed by atoms with E-state index < -0.39 is 11.8 Å². The molecule has 2 atom stereocenters. The van der Waals surface area contributed by atoms with Gasteiger partial charge in [0.05, 0.1) is 5.92 Å². The van der Waals surface area contributed by atoms with Crippen molar-refractivity contribution in [3.8, 4) is 0 Å². The van der Waals surface area contributed by atoms with E-state index in [9.17, 15) is 14.0 Å². The summed E-state index contributed by atoms with van der Waals surface area (Å²) in [5.41, 5.74) is 1.59. The summed E-state index contributed by atoms with van der Waals surface area (Å²) in [6.45, 7) is 1.75. The van der Waals surface area contributed by atoms with E-state index >= 15 is 0 Å². The first-order valence-electron chi connectivity index (χ1n) is 8.36. The third kappa shape index (κ3) is 3.94. The molecule has 0 aliphatic carbocycles. The van der Waals surface area contributed by atoms with Crippen LogP contribution in [-0.2, 0) is 11.3 Å². The summed E-state index contributed by atoms with van der Waals surface area (Å²) in [7, 11) is 1.58. The summed E-state index contributed by atoms with van der Waals surface area (Å²) in [6, 6.07) is 15.5. The monoisotopic (exact) mass is 340 g/mol. The number of benzene rings is 2. The van der Waals surface area contributed by atoms with Crippen molar-refractivity contribution >= 4 is 11.7 Å². The topological polar surface area (TPSA) is 49.4 Å². The van der Waals surface area contributed by atoms with Crippen LogP contribution >= 0.6 is 0 Å². The van der Waals surface area contributed by atoms with Crippen LogP contribution in [0.4, 0.5) is 4.39 Å². The normalized spacial score (nSPS) is 20.4. The third-order valence-corrected chi connectivity index (χ3v) is 4.69. The smallest absolute Gasteiger partial charge is 0.224 e. The molecule has 4 nitrogen and oxygen atoms in total. The SMILES string of the molecule is CNC(=O)[C@@H]1CN(Cc2ccccc2)C[C@H]1C(=O)c1ccc(F)cc1. The summed E-state index contributed by atoms with van der Waals surface area (Å²) in [6.07, 6.45) is 0. The molecule has 1 fully saturated rings. The molecular formula is C20H21FN2O2. The lowest BCUT2D eigenvalue weighted by Crippen LogP contribution is -2.35. The van der Waals surface area contributed by atoms with E-state index in [0.29, 0.717) is 25.2 Å². The zero-order chi connectivity index (χ0) is 17.8. The minimum atomic E-state index is -0.422. The molecule has 0 saturated carbocycles. The lowest BCUT2D eigenvalue weighted by atomic mass is 9.88. The van der Waals surface area contributed by atoms with E-state index in [1.54, 1.807) is 7.05 Å². The molecule has 0 aromatic heterocycles. The first kappa shape index (κ1) is 17.3. The Morgan fingerprint density at radius 3 is 2.32 bits per heavy atom. The highest BCUT2D eigenvalue weighted by Crippen LogP contribution is 2.28. The Kier molecular flexibility index (Phi) is 5.24. The molecule has 1 N–H and O–H groups in total. The molecular weight excluding hydrogens is 319 g/mol. The first-order chi connectivity index (χ1) is 12.1. The van der Waals surface area contributed by atoms with Gasteiger partial charge in [-0.25, -0.2) is 4.39 Å². The van der Waals surface area contributed by atoms with Gasteiger partial charge in [-0.05, 0) is 29.8 Å². The van der Waals surface area contributed by atoms with Crippen LogP contribution in [0.1, 0.15) is 15.9 Å². The lowest BCUT2D eigenvalue weighted by molar-refractivity contribution is -0.124. The van der Waals surface area contributed by atoms with E-state index in [0.717, 1.165) is 5.56 Å². The Labute approximate surface area is 146 Å². The Hall–Kier alpha value is -2.53. The van der Waals surface area contributed by atoms with Crippen LogP contribution in [0.2, 0.25) is 0 Å². The van der Waals surface area contributed by atoms with Gasteiger partial charge in [-0.15, -0.1) is 0 Å². The highest BCUT2D eigenvalue weighted by molar-refractivity contribution is 6.01. The molecule has 1 aliphatic heterocycles. The van der Waals surface area contributed by atoms with Gasteiger partial charge < -0.3 is 5.32 Å². The van der Waals surface area contributed by atoms with Gasteiger partial charge in [-0.3, -0.25) is 14.5 Å². The van der Waals surface area contributed by atoms with Gasteiger partial charge in [0.15, 0.2) is 5.78 Å². The number of carbonyl (C=O) groups excluding carboxylic acids is 2. The quantitative estimate of drug-likeness (QED) is 0.851. The molecule has 0 bridgehead atoms. The number of likely N-dealkylation sites (tertiary alicyclic amines) is 1. The first-order valence-corrected chi connectivity index (χ1v) is 8.36. The molecule has 0 spiro atoms. The second kappa shape index (κ2) is 7.57. The van der Waals surface area contributed by atoms with E-state index in [-0.39, 0.29) is 17.5 Å². The van der Waals surface area contributed by atoms with Crippen LogP contribution < -0.4 is 5.32 Å². The number of hydrogen-bond acceptors (Lipinski definition) is 3. The summed E-state index contributed by atoms with van der Waals surface area (Å²) >= 11 is 0. The van der Waals surface area contributed by atoms with Crippen LogP contribution in [0.25, 0.3) is 0 Å². The van der Waals surface area contributed by atoms with Crippen LogP contribution in [0, 0.1) is 17.7 Å². The van der Waals surface area contributed by atoms with E-state index in [4.69, 9.17) is 0 Å². The maximum atomic E-state index is 13.1. The fourth-order valence-corrected chi connectivity index (χ4v) is 3.40. The highest BCUT2D eigenvalue weighted by atomic mass is 19.1. The molecule has 5 heteroatoms. The van der Waals surface area contributed by atoms with Crippen molar-refractivity contribution in [3.63, 3.8) is 0 Å². The standard InChI is InChI=1S/C20H21FN2O2/c1-22-20(25)18-13-23(11-14-5-3-2-4-6-14)12-17(18)19(24)15-7-9-16(21)10-8-15/h2-10,17-18H,11-13H2,1H3,(H,22,25)/t17-,18-/m1/s1. The average Bonchev–Trinajstić information content (AvgIpc) is 3.05. The molecule has 2 aromatic rings. The van der Waals surface area contributed by atoms with Gasteiger partial charge in [0, 0.05) is 38.2 Å². The Bertz CT molecular complexity index is 746.